The summed E-state index contributed by atoms with van der Waals surface area (Å²) in [6, 6.07) is 13.8. The number of hydrogen-bond donors (Lipinski definition) is 2. The fourth-order valence-electron chi connectivity index (χ4n) is 3.23. The molecule has 0 spiro atoms. The van der Waals surface area contributed by atoms with Gasteiger partial charge in [0, 0.05) is 6.07 Å². The Kier molecular flexibility index (Phi) is 5.50. The summed E-state index contributed by atoms with van der Waals surface area (Å²) in [7, 11) is 1.63. The van der Waals surface area contributed by atoms with Crippen LogP contribution < -0.4 is 10.1 Å². The lowest BCUT2D eigenvalue weighted by Gasteiger charge is -2.07. The lowest BCUT2D eigenvalue weighted by Crippen LogP contribution is -2.15. The zero-order chi connectivity index (χ0) is 21.3. The number of carbonyl (C=O) groups is 1. The number of fused-ring (bicyclic) bond motifs is 1. The SMILES string of the molecule is COc1ccc2nc(SCC(=O)Nc3c(C)nn(-c4ccc(C)cc4)c3C)[nH]c2c1. The maximum absolute atomic E-state index is 12.6. The number of imidazole rings is 1. The lowest BCUT2D eigenvalue weighted by atomic mass is 10.2. The number of H-pyrrole nitrogens is 1. The van der Waals surface area contributed by atoms with Crippen LogP contribution in [0.3, 0.4) is 0 Å². The van der Waals surface area contributed by atoms with E-state index in [9.17, 15) is 4.79 Å². The summed E-state index contributed by atoms with van der Waals surface area (Å²) in [6.07, 6.45) is 0. The van der Waals surface area contributed by atoms with Gasteiger partial charge in [0.1, 0.15) is 5.75 Å². The molecule has 2 aromatic carbocycles. The number of carbonyl (C=O) groups excluding carboxylic acids is 1. The normalized spacial score (nSPS) is 11.1. The van der Waals surface area contributed by atoms with Gasteiger partial charge in [0.25, 0.3) is 0 Å². The van der Waals surface area contributed by atoms with E-state index in [1.165, 1.54) is 17.3 Å². The van der Waals surface area contributed by atoms with Gasteiger partial charge in [-0.15, -0.1) is 0 Å². The van der Waals surface area contributed by atoms with E-state index >= 15 is 0 Å². The van der Waals surface area contributed by atoms with E-state index in [1.54, 1.807) is 7.11 Å². The van der Waals surface area contributed by atoms with E-state index in [0.29, 0.717) is 5.16 Å². The third kappa shape index (κ3) is 4.04. The summed E-state index contributed by atoms with van der Waals surface area (Å²) in [5, 5.41) is 8.28. The molecule has 30 heavy (non-hydrogen) atoms. The molecule has 0 unspecified atom stereocenters. The van der Waals surface area contributed by atoms with Crippen LogP contribution in [0.25, 0.3) is 16.7 Å². The van der Waals surface area contributed by atoms with Crippen LogP contribution in [0.5, 0.6) is 5.75 Å². The maximum Gasteiger partial charge on any atom is 0.234 e. The summed E-state index contributed by atoms with van der Waals surface area (Å²) in [6.45, 7) is 5.90. The van der Waals surface area contributed by atoms with Gasteiger partial charge in [-0.2, -0.15) is 5.10 Å². The number of benzene rings is 2. The van der Waals surface area contributed by atoms with Crippen molar-refractivity contribution in [2.24, 2.45) is 0 Å². The number of thioether (sulfide) groups is 1. The molecule has 0 saturated carbocycles. The van der Waals surface area contributed by atoms with Crippen LogP contribution in [0.1, 0.15) is 17.0 Å². The molecule has 4 rings (SSSR count). The van der Waals surface area contributed by atoms with Crippen LogP contribution in [-0.4, -0.2) is 38.5 Å². The first kappa shape index (κ1) is 20.0. The van der Waals surface area contributed by atoms with Crippen molar-refractivity contribution in [1.82, 2.24) is 19.7 Å². The lowest BCUT2D eigenvalue weighted by molar-refractivity contribution is -0.113. The van der Waals surface area contributed by atoms with E-state index in [0.717, 1.165) is 39.5 Å². The monoisotopic (exact) mass is 421 g/mol. The van der Waals surface area contributed by atoms with Gasteiger partial charge in [-0.05, 0) is 45.0 Å². The first-order chi connectivity index (χ1) is 14.4. The minimum absolute atomic E-state index is 0.104. The molecule has 0 saturated heterocycles. The molecule has 7 nitrogen and oxygen atoms in total. The molecule has 2 aromatic heterocycles. The highest BCUT2D eigenvalue weighted by Gasteiger charge is 2.16. The average molecular weight is 422 g/mol. The number of ether oxygens (including phenoxy) is 1. The van der Waals surface area contributed by atoms with Crippen molar-refractivity contribution in [3.05, 3.63) is 59.4 Å². The van der Waals surface area contributed by atoms with Gasteiger partial charge in [-0.3, -0.25) is 4.79 Å². The predicted molar refractivity (Wildman–Crippen MR) is 120 cm³/mol. The van der Waals surface area contributed by atoms with Crippen LogP contribution in [0.2, 0.25) is 0 Å². The number of hydrogen-bond acceptors (Lipinski definition) is 5. The van der Waals surface area contributed by atoms with Gasteiger partial charge in [0.2, 0.25) is 5.91 Å². The average Bonchev–Trinajstić information content (AvgIpc) is 3.27. The number of aryl methyl sites for hydroxylation is 2. The van der Waals surface area contributed by atoms with Crippen LogP contribution in [0.15, 0.2) is 47.6 Å². The Morgan fingerprint density at radius 3 is 2.67 bits per heavy atom. The number of nitrogens with zero attached hydrogens (tertiary/aromatic N) is 3. The minimum atomic E-state index is -0.104. The highest BCUT2D eigenvalue weighted by molar-refractivity contribution is 7.99. The molecule has 0 radical (unpaired) electrons. The number of nitrogens with one attached hydrogen (secondary N) is 2. The quantitative estimate of drug-likeness (QED) is 0.451. The second-order valence-corrected chi connectivity index (χ2v) is 8.02. The van der Waals surface area contributed by atoms with E-state index in [-0.39, 0.29) is 11.7 Å². The number of rotatable bonds is 6. The maximum atomic E-state index is 12.6. The van der Waals surface area contributed by atoms with Gasteiger partial charge in [-0.25, -0.2) is 9.67 Å². The van der Waals surface area contributed by atoms with Crippen molar-refractivity contribution in [3.63, 3.8) is 0 Å². The van der Waals surface area contributed by atoms with Crippen molar-refractivity contribution >= 4 is 34.4 Å². The second-order valence-electron chi connectivity index (χ2n) is 7.06. The molecule has 0 aliphatic rings. The summed E-state index contributed by atoms with van der Waals surface area (Å²) in [5.74, 6) is 0.899. The van der Waals surface area contributed by atoms with Gasteiger partial charge < -0.3 is 15.0 Å². The Morgan fingerprint density at radius 1 is 1.17 bits per heavy atom. The van der Waals surface area contributed by atoms with Crippen LogP contribution in [0, 0.1) is 20.8 Å². The molecular formula is C22H23N5O2S. The van der Waals surface area contributed by atoms with Crippen LogP contribution in [0.4, 0.5) is 5.69 Å². The van der Waals surface area contributed by atoms with E-state index < -0.39 is 0 Å². The number of anilines is 1. The van der Waals surface area contributed by atoms with Crippen molar-refractivity contribution in [2.45, 2.75) is 25.9 Å². The summed E-state index contributed by atoms with van der Waals surface area (Å²) < 4.78 is 7.08. The Hall–Kier alpha value is -3.26. The van der Waals surface area contributed by atoms with Crippen molar-refractivity contribution in [2.75, 3.05) is 18.2 Å². The fourth-order valence-corrected chi connectivity index (χ4v) is 3.92. The fraction of sp³-hybridized carbons (Fsp3) is 0.227. The minimum Gasteiger partial charge on any atom is -0.497 e. The van der Waals surface area contributed by atoms with Crippen molar-refractivity contribution in [3.8, 4) is 11.4 Å². The van der Waals surface area contributed by atoms with Gasteiger partial charge in [0.05, 0.1) is 46.7 Å². The first-order valence-electron chi connectivity index (χ1n) is 9.54. The first-order valence-corrected chi connectivity index (χ1v) is 10.5. The standard InChI is InChI=1S/C22H23N5O2S/c1-13-5-7-16(8-6-13)27-15(3)21(14(2)26-27)25-20(28)12-30-22-23-18-10-9-17(29-4)11-19(18)24-22/h5-11H,12H2,1-4H3,(H,23,24)(H,25,28). The molecule has 4 aromatic rings. The summed E-state index contributed by atoms with van der Waals surface area (Å²) in [5.41, 5.74) is 6.29. The highest BCUT2D eigenvalue weighted by atomic mass is 32.2. The third-order valence-electron chi connectivity index (χ3n) is 4.84. The zero-order valence-corrected chi connectivity index (χ0v) is 18.1. The van der Waals surface area contributed by atoms with Crippen molar-refractivity contribution < 1.29 is 9.53 Å². The van der Waals surface area contributed by atoms with Crippen LogP contribution in [-0.2, 0) is 4.79 Å². The second kappa shape index (κ2) is 8.23. The molecule has 0 fully saturated rings. The van der Waals surface area contributed by atoms with Gasteiger partial charge in [0.15, 0.2) is 5.16 Å². The number of amides is 1. The molecule has 0 bridgehead atoms. The van der Waals surface area contributed by atoms with E-state index in [2.05, 4.69) is 20.4 Å². The molecule has 2 N–H and O–H groups in total. The number of aromatic nitrogens is 4. The number of methoxy groups -OCH3 is 1. The Bertz CT molecular complexity index is 1210. The summed E-state index contributed by atoms with van der Waals surface area (Å²) >= 11 is 1.36. The molecule has 154 valence electrons. The largest absolute Gasteiger partial charge is 0.497 e. The van der Waals surface area contributed by atoms with Crippen molar-refractivity contribution in [1.29, 1.82) is 0 Å². The topological polar surface area (TPSA) is 84.8 Å². The van der Waals surface area contributed by atoms with Gasteiger partial charge >= 0.3 is 0 Å². The zero-order valence-electron chi connectivity index (χ0n) is 17.3. The Balaban J connectivity index is 1.45. The van der Waals surface area contributed by atoms with Crippen LogP contribution >= 0.6 is 11.8 Å². The molecular weight excluding hydrogens is 398 g/mol. The molecule has 8 heteroatoms. The molecule has 0 atom stereocenters. The smallest absolute Gasteiger partial charge is 0.234 e. The molecule has 0 aliphatic carbocycles. The highest BCUT2D eigenvalue weighted by Crippen LogP contribution is 2.25. The molecule has 2 heterocycles. The summed E-state index contributed by atoms with van der Waals surface area (Å²) in [4.78, 5) is 20.3. The molecule has 0 aliphatic heterocycles. The van der Waals surface area contributed by atoms with E-state index in [1.807, 2.05) is 67.9 Å². The Labute approximate surface area is 178 Å². The van der Waals surface area contributed by atoms with Gasteiger partial charge in [-0.1, -0.05) is 29.5 Å². The van der Waals surface area contributed by atoms with E-state index in [4.69, 9.17) is 4.74 Å². The Morgan fingerprint density at radius 2 is 1.93 bits per heavy atom. The predicted octanol–water partition coefficient (Wildman–Crippen LogP) is 4.41. The number of aromatic amines is 1. The third-order valence-corrected chi connectivity index (χ3v) is 5.71. The molecule has 1 amide bonds.